The Kier molecular flexibility index (Phi) is 7.06. The molecule has 2 aliphatic heterocycles. The van der Waals surface area contributed by atoms with Crippen LogP contribution in [0.5, 0.6) is 0 Å². The van der Waals surface area contributed by atoms with E-state index in [2.05, 4.69) is 5.16 Å². The summed E-state index contributed by atoms with van der Waals surface area (Å²) < 4.78 is 56.3. The van der Waals surface area contributed by atoms with Crippen molar-refractivity contribution < 1.29 is 27.2 Å². The van der Waals surface area contributed by atoms with Crippen molar-refractivity contribution in [1.82, 2.24) is 19.7 Å². The van der Waals surface area contributed by atoms with Crippen LogP contribution in [0.3, 0.4) is 0 Å². The van der Waals surface area contributed by atoms with Crippen molar-refractivity contribution in [2.75, 3.05) is 4.90 Å². The van der Waals surface area contributed by atoms with Gasteiger partial charge in [0.05, 0.1) is 40.0 Å². The van der Waals surface area contributed by atoms with Crippen LogP contribution < -0.4 is 4.90 Å². The van der Waals surface area contributed by atoms with Gasteiger partial charge in [0.25, 0.3) is 0 Å². The van der Waals surface area contributed by atoms with Gasteiger partial charge in [0, 0.05) is 34.7 Å². The summed E-state index contributed by atoms with van der Waals surface area (Å²) in [7, 11) is -2.66. The summed E-state index contributed by atoms with van der Waals surface area (Å²) in [5.41, 5.74) is 7.61. The molecule has 240 valence electrons. The van der Waals surface area contributed by atoms with E-state index in [0.717, 1.165) is 51.2 Å². The lowest BCUT2D eigenvalue weighted by molar-refractivity contribution is -0.120. The number of fused-ring (bicyclic) bond motifs is 2. The third-order valence-corrected chi connectivity index (χ3v) is 11.3. The van der Waals surface area contributed by atoms with E-state index >= 15 is 0 Å². The van der Waals surface area contributed by atoms with Crippen molar-refractivity contribution in [2.24, 2.45) is 0 Å². The molecule has 2 N–H and O–H groups in total. The monoisotopic (exact) mass is 673 g/mol. The second-order valence-corrected chi connectivity index (χ2v) is 15.1. The molecule has 0 bridgehead atoms. The van der Waals surface area contributed by atoms with Gasteiger partial charge in [-0.05, 0) is 73.7 Å². The number of imidazole rings is 1. The van der Waals surface area contributed by atoms with Gasteiger partial charge in [-0.25, -0.2) is 18.7 Å². The number of benzene rings is 3. The fourth-order valence-corrected chi connectivity index (χ4v) is 9.26. The number of thiazole rings is 1. The number of halogens is 2. The molecule has 0 spiro atoms. The summed E-state index contributed by atoms with van der Waals surface area (Å²) in [6.45, 7) is 3.74. The number of rotatable bonds is 5. The molecule has 3 aromatic heterocycles. The van der Waals surface area contributed by atoms with Crippen LogP contribution in [-0.2, 0) is 16.3 Å². The number of nitrogens with zero attached hydrogens (tertiary/aromatic N) is 5. The SMILES string of the molecule is Cc1noc(C)c1-c1ccc2c(c1)nc(C1CCCC(=O)N1c1ccc(F)c(F)c1)n2-c1nc(-c2ccc3c(c2)CS(O)(O)C3)cs1. The molecule has 1 unspecified atom stereocenters. The lowest BCUT2D eigenvalue weighted by Crippen LogP contribution is -2.39. The third kappa shape index (κ3) is 5.14. The van der Waals surface area contributed by atoms with Crippen molar-refractivity contribution in [3.63, 3.8) is 0 Å². The Morgan fingerprint density at radius 1 is 0.957 bits per heavy atom. The zero-order valence-electron chi connectivity index (χ0n) is 25.4. The van der Waals surface area contributed by atoms with E-state index in [4.69, 9.17) is 14.5 Å². The van der Waals surface area contributed by atoms with E-state index in [9.17, 15) is 22.7 Å². The number of carbonyl (C=O) groups is 1. The Morgan fingerprint density at radius 2 is 1.77 bits per heavy atom. The standard InChI is InChI=1S/C34H29F2N5O4S2/c1-18-32(19(2)45-39-18)21-8-11-29-27(13-21)37-33(30-4-3-5-31(42)40(30)24-9-10-25(35)26(36)14-24)41(29)34-38-28(15-46-34)20-6-7-22-16-47(43,44)17-23(22)12-20/h6-15,30,43-44H,3-5,16-17H2,1-2H3. The Bertz CT molecular complexity index is 2210. The predicted molar refractivity (Wildman–Crippen MR) is 178 cm³/mol. The molecule has 2 aliphatic rings. The fourth-order valence-electron chi connectivity index (χ4n) is 6.76. The van der Waals surface area contributed by atoms with Gasteiger partial charge >= 0.3 is 0 Å². The first-order chi connectivity index (χ1) is 22.6. The van der Waals surface area contributed by atoms with Gasteiger partial charge in [0.15, 0.2) is 16.8 Å². The molecule has 47 heavy (non-hydrogen) atoms. The van der Waals surface area contributed by atoms with E-state index in [0.29, 0.717) is 40.8 Å². The van der Waals surface area contributed by atoms with Crippen molar-refractivity contribution in [3.05, 3.63) is 100 Å². The van der Waals surface area contributed by atoms with E-state index < -0.39 is 28.3 Å². The number of aryl methyl sites for hydroxylation is 2. The first-order valence-corrected chi connectivity index (χ1v) is 17.9. The number of hydrogen-bond donors (Lipinski definition) is 2. The smallest absolute Gasteiger partial charge is 0.227 e. The van der Waals surface area contributed by atoms with Crippen LogP contribution in [0.4, 0.5) is 14.5 Å². The van der Waals surface area contributed by atoms with E-state index in [1.54, 1.807) is 0 Å². The van der Waals surface area contributed by atoms with E-state index in [-0.39, 0.29) is 29.5 Å². The average Bonchev–Trinajstić information content (AvgIpc) is 3.81. The van der Waals surface area contributed by atoms with Gasteiger partial charge in [-0.2, -0.15) is 10.6 Å². The highest BCUT2D eigenvalue weighted by Crippen LogP contribution is 2.53. The summed E-state index contributed by atoms with van der Waals surface area (Å²) in [5.74, 6) is -0.488. The van der Waals surface area contributed by atoms with Gasteiger partial charge < -0.3 is 9.42 Å². The molecule has 5 heterocycles. The van der Waals surface area contributed by atoms with Crippen LogP contribution in [0.25, 0.3) is 38.5 Å². The van der Waals surface area contributed by atoms with Gasteiger partial charge in [-0.3, -0.25) is 18.5 Å². The Labute approximate surface area is 273 Å². The molecule has 1 amide bonds. The summed E-state index contributed by atoms with van der Waals surface area (Å²) in [4.78, 5) is 25.1. The van der Waals surface area contributed by atoms with E-state index in [1.807, 2.05) is 60.2 Å². The molecular weight excluding hydrogens is 645 g/mol. The maximum absolute atomic E-state index is 14.5. The molecule has 1 atom stereocenters. The number of piperidine rings is 1. The first-order valence-electron chi connectivity index (χ1n) is 15.1. The molecule has 8 rings (SSSR count). The minimum atomic E-state index is -2.66. The Hall–Kier alpha value is -4.43. The van der Waals surface area contributed by atoms with Crippen molar-refractivity contribution in [1.29, 1.82) is 0 Å². The van der Waals surface area contributed by atoms with Gasteiger partial charge in [-0.1, -0.05) is 23.4 Å². The topological polar surface area (TPSA) is 118 Å². The molecule has 3 aromatic carbocycles. The van der Waals surface area contributed by atoms with Crippen LogP contribution >= 0.6 is 21.9 Å². The summed E-state index contributed by atoms with van der Waals surface area (Å²) >= 11 is 1.42. The highest BCUT2D eigenvalue weighted by Gasteiger charge is 2.36. The highest BCUT2D eigenvalue weighted by molar-refractivity contribution is 8.23. The lowest BCUT2D eigenvalue weighted by atomic mass is 9.99. The zero-order valence-corrected chi connectivity index (χ0v) is 27.0. The van der Waals surface area contributed by atoms with Crippen molar-refractivity contribution >= 4 is 44.6 Å². The van der Waals surface area contributed by atoms with Crippen LogP contribution in [0.2, 0.25) is 0 Å². The number of aromatic nitrogens is 4. The number of hydrogen-bond acceptors (Lipinski definition) is 8. The summed E-state index contributed by atoms with van der Waals surface area (Å²) in [5, 5.41) is 6.67. The molecular formula is C34H29F2N5O4S2. The molecule has 0 saturated carbocycles. The van der Waals surface area contributed by atoms with Gasteiger partial charge in [-0.15, -0.1) is 11.3 Å². The normalized spacial score (nSPS) is 18.2. The molecule has 13 heteroatoms. The number of amides is 1. The Balaban J connectivity index is 1.29. The fraction of sp³-hybridized carbons (Fsp3) is 0.235. The first kappa shape index (κ1) is 29.9. The summed E-state index contributed by atoms with van der Waals surface area (Å²) in [6.07, 6.45) is 1.44. The van der Waals surface area contributed by atoms with E-state index in [1.165, 1.54) is 22.3 Å². The quantitative estimate of drug-likeness (QED) is 0.188. The Morgan fingerprint density at radius 3 is 2.55 bits per heavy atom. The maximum Gasteiger partial charge on any atom is 0.227 e. The molecule has 0 aliphatic carbocycles. The minimum absolute atomic E-state index is 0.203. The molecule has 6 aromatic rings. The van der Waals surface area contributed by atoms with Crippen LogP contribution in [0.15, 0.2) is 64.5 Å². The minimum Gasteiger partial charge on any atom is -0.361 e. The van der Waals surface area contributed by atoms with Crippen LogP contribution in [-0.4, -0.2) is 34.7 Å². The van der Waals surface area contributed by atoms with Crippen LogP contribution in [0, 0.1) is 25.5 Å². The number of anilines is 1. The molecule has 9 nitrogen and oxygen atoms in total. The van der Waals surface area contributed by atoms with Gasteiger partial charge in [0.2, 0.25) is 5.91 Å². The van der Waals surface area contributed by atoms with Crippen LogP contribution in [0.1, 0.15) is 53.7 Å². The number of carbonyl (C=O) groups excluding carboxylic acids is 1. The highest BCUT2D eigenvalue weighted by atomic mass is 32.3. The molecule has 1 fully saturated rings. The van der Waals surface area contributed by atoms with Crippen molar-refractivity contribution in [2.45, 2.75) is 50.7 Å². The predicted octanol–water partition coefficient (Wildman–Crippen LogP) is 8.72. The second-order valence-electron chi connectivity index (χ2n) is 12.1. The second kappa shape index (κ2) is 11.1. The molecule has 1 saturated heterocycles. The third-order valence-electron chi connectivity index (χ3n) is 8.89. The average molecular weight is 674 g/mol. The summed E-state index contributed by atoms with van der Waals surface area (Å²) in [6, 6.07) is 14.6. The van der Waals surface area contributed by atoms with Crippen molar-refractivity contribution in [3.8, 4) is 27.5 Å². The molecule has 0 radical (unpaired) electrons. The maximum atomic E-state index is 14.5. The largest absolute Gasteiger partial charge is 0.361 e. The van der Waals surface area contributed by atoms with Gasteiger partial charge in [0.1, 0.15) is 11.6 Å². The zero-order chi connectivity index (χ0) is 32.6. The lowest BCUT2D eigenvalue weighted by Gasteiger charge is -2.35.